The molecule has 0 radical (unpaired) electrons. The van der Waals surface area contributed by atoms with Crippen LogP contribution in [0.1, 0.15) is 36.6 Å². The first-order valence-corrected chi connectivity index (χ1v) is 14.1. The van der Waals surface area contributed by atoms with Gasteiger partial charge < -0.3 is 15.5 Å². The smallest absolute Gasteiger partial charge is 0.335 e. The van der Waals surface area contributed by atoms with E-state index in [0.717, 1.165) is 22.8 Å². The molecule has 4 aromatic carbocycles. The highest BCUT2D eigenvalue weighted by Crippen LogP contribution is 2.46. The van der Waals surface area contributed by atoms with E-state index in [-0.39, 0.29) is 61.5 Å². The Morgan fingerprint density at radius 1 is 0.818 bits per heavy atom. The predicted molar refractivity (Wildman–Crippen MR) is 158 cm³/mol. The number of nitrogens with zero attached hydrogens (tertiary/aromatic N) is 2. The van der Waals surface area contributed by atoms with Gasteiger partial charge in [0.15, 0.2) is 5.78 Å². The summed E-state index contributed by atoms with van der Waals surface area (Å²) in [6.45, 7) is 7.91. The van der Waals surface area contributed by atoms with Crippen LogP contribution in [0.3, 0.4) is 0 Å². The zero-order chi connectivity index (χ0) is 31.5. The molecule has 0 spiro atoms. The average molecular weight is 608 g/mol. The van der Waals surface area contributed by atoms with Crippen molar-refractivity contribution in [2.75, 3.05) is 5.32 Å². The van der Waals surface area contributed by atoms with E-state index in [4.69, 9.17) is 6.57 Å². The SMILES string of the molecule is [C-]#[N+]c1c2c3c(c(Nc4cc(C(=O)O)cc(C(=O)O)c4)ccc3n(-c3ccc(S(=O)(=O)O)cc3)c1=O)C(=O)c1ccccc1-2. The van der Waals surface area contributed by atoms with Crippen molar-refractivity contribution in [3.63, 3.8) is 0 Å². The second kappa shape index (κ2) is 10.0. The third kappa shape index (κ3) is 4.38. The first-order chi connectivity index (χ1) is 20.9. The molecule has 13 heteroatoms. The van der Waals surface area contributed by atoms with Gasteiger partial charge in [0.2, 0.25) is 0 Å². The number of ketones is 1. The van der Waals surface area contributed by atoms with E-state index in [9.17, 15) is 42.4 Å². The van der Waals surface area contributed by atoms with Crippen molar-refractivity contribution in [3.8, 4) is 16.8 Å². The summed E-state index contributed by atoms with van der Waals surface area (Å²) in [5.74, 6) is -3.21. The van der Waals surface area contributed by atoms with Crippen molar-refractivity contribution in [3.05, 3.63) is 123 Å². The quantitative estimate of drug-likeness (QED) is 0.146. The first kappa shape index (κ1) is 28.0. The number of aromatic carboxylic acids is 2. The number of benzene rings is 4. The fraction of sp³-hybridized carbons (Fsp3) is 0. The Kier molecular flexibility index (Phi) is 6.38. The predicted octanol–water partition coefficient (Wildman–Crippen LogP) is 5.14. The molecule has 1 aromatic heterocycles. The summed E-state index contributed by atoms with van der Waals surface area (Å²) in [5, 5.41) is 22.2. The van der Waals surface area contributed by atoms with E-state index in [0.29, 0.717) is 5.56 Å². The molecule has 0 fully saturated rings. The number of carboxylic acid groups (broad SMARTS) is 2. The highest BCUT2D eigenvalue weighted by Gasteiger charge is 2.32. The van der Waals surface area contributed by atoms with Crippen LogP contribution in [-0.2, 0) is 10.1 Å². The summed E-state index contributed by atoms with van der Waals surface area (Å²) in [5.41, 5.74) is -0.297. The summed E-state index contributed by atoms with van der Waals surface area (Å²) in [6, 6.07) is 17.5. The van der Waals surface area contributed by atoms with Crippen LogP contribution in [0.2, 0.25) is 0 Å². The van der Waals surface area contributed by atoms with Crippen LogP contribution >= 0.6 is 0 Å². The first-order valence-electron chi connectivity index (χ1n) is 12.6. The van der Waals surface area contributed by atoms with E-state index in [1.165, 1.54) is 36.4 Å². The van der Waals surface area contributed by atoms with Gasteiger partial charge in [0, 0.05) is 27.9 Å². The third-order valence-corrected chi connectivity index (χ3v) is 8.06. The minimum Gasteiger partial charge on any atom is -0.478 e. The molecule has 6 rings (SSSR count). The maximum absolute atomic E-state index is 14.1. The molecule has 5 aromatic rings. The largest absolute Gasteiger partial charge is 0.478 e. The normalized spacial score (nSPS) is 12.0. The van der Waals surface area contributed by atoms with Gasteiger partial charge in [-0.25, -0.2) is 14.4 Å². The summed E-state index contributed by atoms with van der Waals surface area (Å²) < 4.78 is 33.7. The van der Waals surface area contributed by atoms with Gasteiger partial charge in [-0.2, -0.15) is 8.42 Å². The Labute approximate surface area is 247 Å². The lowest BCUT2D eigenvalue weighted by molar-refractivity contribution is 0.0696. The molecule has 44 heavy (non-hydrogen) atoms. The Morgan fingerprint density at radius 3 is 2.00 bits per heavy atom. The number of aromatic nitrogens is 1. The maximum atomic E-state index is 14.1. The number of nitrogens with one attached hydrogen (secondary N) is 1. The van der Waals surface area contributed by atoms with Crippen LogP contribution in [0.5, 0.6) is 0 Å². The van der Waals surface area contributed by atoms with Gasteiger partial charge >= 0.3 is 11.9 Å². The van der Waals surface area contributed by atoms with Crippen LogP contribution in [0, 0.1) is 6.57 Å². The van der Waals surface area contributed by atoms with E-state index in [1.807, 2.05) is 0 Å². The lowest BCUT2D eigenvalue weighted by Crippen LogP contribution is -2.23. The van der Waals surface area contributed by atoms with Crippen LogP contribution in [0.25, 0.3) is 32.6 Å². The summed E-state index contributed by atoms with van der Waals surface area (Å²) in [7, 11) is -4.53. The topological polar surface area (TPSA) is 184 Å². The molecule has 0 amide bonds. The van der Waals surface area contributed by atoms with Crippen LogP contribution in [0.4, 0.5) is 17.1 Å². The van der Waals surface area contributed by atoms with E-state index >= 15 is 0 Å². The van der Waals surface area contributed by atoms with Gasteiger partial charge in [-0.15, -0.1) is 0 Å². The monoisotopic (exact) mass is 607 g/mol. The second-order valence-electron chi connectivity index (χ2n) is 9.74. The maximum Gasteiger partial charge on any atom is 0.335 e. The molecule has 1 aliphatic carbocycles. The molecule has 4 N–H and O–H groups in total. The van der Waals surface area contributed by atoms with Crippen molar-refractivity contribution in [2.24, 2.45) is 0 Å². The third-order valence-electron chi connectivity index (χ3n) is 7.20. The van der Waals surface area contributed by atoms with Gasteiger partial charge in [0.05, 0.1) is 39.4 Å². The molecular weight excluding hydrogens is 590 g/mol. The molecule has 0 aliphatic heterocycles. The summed E-state index contributed by atoms with van der Waals surface area (Å²) >= 11 is 0. The number of anilines is 2. The number of fused-ring (bicyclic) bond motifs is 2. The fourth-order valence-corrected chi connectivity index (χ4v) is 5.82. The van der Waals surface area contributed by atoms with E-state index < -0.39 is 38.3 Å². The number of hydrogen-bond acceptors (Lipinski definition) is 7. The number of hydrogen-bond donors (Lipinski definition) is 4. The molecule has 0 saturated carbocycles. The molecule has 216 valence electrons. The molecule has 0 atom stereocenters. The molecule has 12 nitrogen and oxygen atoms in total. The van der Waals surface area contributed by atoms with Crippen LogP contribution < -0.4 is 10.9 Å². The minimum atomic E-state index is -4.53. The van der Waals surface area contributed by atoms with Crippen molar-refractivity contribution in [2.45, 2.75) is 4.90 Å². The van der Waals surface area contributed by atoms with Crippen molar-refractivity contribution < 1.29 is 37.6 Å². The zero-order valence-corrected chi connectivity index (χ0v) is 22.9. The van der Waals surface area contributed by atoms with E-state index in [2.05, 4.69) is 10.2 Å². The van der Waals surface area contributed by atoms with Gasteiger partial charge in [-0.1, -0.05) is 24.3 Å². The lowest BCUT2D eigenvalue weighted by atomic mass is 9.82. The minimum absolute atomic E-state index is 0.0435. The molecule has 0 bridgehead atoms. The highest BCUT2D eigenvalue weighted by atomic mass is 32.2. The van der Waals surface area contributed by atoms with Crippen molar-refractivity contribution in [1.29, 1.82) is 0 Å². The fourth-order valence-electron chi connectivity index (χ4n) is 5.34. The molecule has 0 unspecified atom stereocenters. The van der Waals surface area contributed by atoms with Gasteiger partial charge in [-0.05, 0) is 60.2 Å². The van der Waals surface area contributed by atoms with Crippen LogP contribution in [0.15, 0.2) is 88.6 Å². The van der Waals surface area contributed by atoms with Gasteiger partial charge in [0.1, 0.15) is 0 Å². The zero-order valence-electron chi connectivity index (χ0n) is 22.1. The Bertz CT molecular complexity index is 2300. The van der Waals surface area contributed by atoms with Crippen molar-refractivity contribution >= 4 is 55.8 Å². The standard InChI is InChI=1S/C31H17N3O9S/c1-32-27-24-20-4-2-3-5-21(20)28(35)25-22(33-17-13-15(30(37)38)12-16(14-17)31(39)40)10-11-23(26(24)25)34(29(27)36)18-6-8-19(9-7-18)44(41,42)43/h2-14,33H,(H,37,38)(H,39,40)(H,41,42,43). The number of rotatable bonds is 6. The van der Waals surface area contributed by atoms with Gasteiger partial charge in [-0.3, -0.25) is 18.7 Å². The molecular formula is C31H17N3O9S. The lowest BCUT2D eigenvalue weighted by Gasteiger charge is -2.25. The average Bonchev–Trinajstić information content (AvgIpc) is 2.99. The molecule has 1 aliphatic rings. The Hall–Kier alpha value is -6.10. The molecule has 1 heterocycles. The Morgan fingerprint density at radius 2 is 1.43 bits per heavy atom. The van der Waals surface area contributed by atoms with Crippen LogP contribution in [-0.4, -0.2) is 45.5 Å². The number of carbonyl (C=O) groups is 3. The van der Waals surface area contributed by atoms with Gasteiger partial charge in [0.25, 0.3) is 21.4 Å². The number of pyridine rings is 1. The van der Waals surface area contributed by atoms with E-state index in [1.54, 1.807) is 24.3 Å². The second-order valence-corrected chi connectivity index (χ2v) is 11.2. The molecule has 0 saturated heterocycles. The highest BCUT2D eigenvalue weighted by molar-refractivity contribution is 7.85. The number of carboxylic acids is 2. The number of carbonyl (C=O) groups excluding carboxylic acids is 1. The van der Waals surface area contributed by atoms with Crippen molar-refractivity contribution in [1.82, 2.24) is 4.57 Å². The Balaban J connectivity index is 1.69. The summed E-state index contributed by atoms with van der Waals surface area (Å²) in [4.78, 5) is 54.4. The summed E-state index contributed by atoms with van der Waals surface area (Å²) in [6.07, 6.45) is 0.